The molecule has 0 fully saturated rings. The standard InChI is InChI=1S/C18H14ClNO/c19-16-12-7-13-20(18(16)21)17(14-8-3-1-4-9-14)15-10-5-2-6-11-15/h1-13,17H. The second kappa shape index (κ2) is 5.98. The number of halogens is 1. The molecule has 3 heteroatoms. The number of pyridine rings is 1. The molecule has 0 radical (unpaired) electrons. The van der Waals surface area contributed by atoms with E-state index in [4.69, 9.17) is 11.6 Å². The maximum absolute atomic E-state index is 12.4. The molecule has 3 rings (SSSR count). The number of nitrogens with zero attached hydrogens (tertiary/aromatic N) is 1. The zero-order valence-corrected chi connectivity index (χ0v) is 12.1. The molecule has 21 heavy (non-hydrogen) atoms. The van der Waals surface area contributed by atoms with Crippen LogP contribution in [0.1, 0.15) is 17.2 Å². The molecule has 2 aromatic carbocycles. The summed E-state index contributed by atoms with van der Waals surface area (Å²) in [5.41, 5.74) is 1.91. The highest BCUT2D eigenvalue weighted by atomic mass is 35.5. The van der Waals surface area contributed by atoms with E-state index in [2.05, 4.69) is 0 Å². The van der Waals surface area contributed by atoms with Crippen molar-refractivity contribution < 1.29 is 0 Å². The number of benzene rings is 2. The van der Waals surface area contributed by atoms with Gasteiger partial charge in [0.2, 0.25) is 0 Å². The number of hydrogen-bond acceptors (Lipinski definition) is 1. The van der Waals surface area contributed by atoms with Crippen LogP contribution >= 0.6 is 11.6 Å². The first-order chi connectivity index (χ1) is 10.3. The van der Waals surface area contributed by atoms with Crippen molar-refractivity contribution in [2.45, 2.75) is 6.04 Å². The normalized spacial score (nSPS) is 10.8. The van der Waals surface area contributed by atoms with E-state index in [1.165, 1.54) is 0 Å². The van der Waals surface area contributed by atoms with Crippen LogP contribution in [0, 0.1) is 0 Å². The quantitative estimate of drug-likeness (QED) is 0.712. The van der Waals surface area contributed by atoms with Gasteiger partial charge in [-0.25, -0.2) is 0 Å². The Hall–Kier alpha value is -2.32. The first-order valence-corrected chi connectivity index (χ1v) is 7.12. The Balaban J connectivity index is 2.22. The summed E-state index contributed by atoms with van der Waals surface area (Å²) in [6, 6.07) is 23.1. The van der Waals surface area contributed by atoms with Crippen LogP contribution in [-0.4, -0.2) is 4.57 Å². The minimum atomic E-state index is -0.183. The van der Waals surface area contributed by atoms with Gasteiger partial charge >= 0.3 is 0 Å². The largest absolute Gasteiger partial charge is 0.303 e. The van der Waals surface area contributed by atoms with Crippen molar-refractivity contribution in [3.8, 4) is 0 Å². The minimum absolute atomic E-state index is 0.182. The second-order valence-corrected chi connectivity index (χ2v) is 5.20. The monoisotopic (exact) mass is 295 g/mol. The second-order valence-electron chi connectivity index (χ2n) is 4.79. The highest BCUT2D eigenvalue weighted by Gasteiger charge is 2.17. The minimum Gasteiger partial charge on any atom is -0.303 e. The summed E-state index contributed by atoms with van der Waals surface area (Å²) in [5.74, 6) is 0. The van der Waals surface area contributed by atoms with Gasteiger partial charge in [0.15, 0.2) is 0 Å². The Morgan fingerprint density at radius 1 is 0.762 bits per heavy atom. The van der Waals surface area contributed by atoms with Crippen molar-refractivity contribution in [2.24, 2.45) is 0 Å². The Labute approximate surface area is 128 Å². The SMILES string of the molecule is O=c1c(Cl)cccn1C(c1ccccc1)c1ccccc1. The molecule has 0 bridgehead atoms. The van der Waals surface area contributed by atoms with E-state index in [0.717, 1.165) is 11.1 Å². The van der Waals surface area contributed by atoms with E-state index in [1.54, 1.807) is 22.9 Å². The molecule has 0 unspecified atom stereocenters. The van der Waals surface area contributed by atoms with Crippen LogP contribution in [0.2, 0.25) is 5.02 Å². The molecule has 0 aliphatic rings. The van der Waals surface area contributed by atoms with Gasteiger partial charge in [0.05, 0.1) is 6.04 Å². The van der Waals surface area contributed by atoms with Gasteiger partial charge < -0.3 is 4.57 Å². The molecule has 0 atom stereocenters. The fourth-order valence-corrected chi connectivity index (χ4v) is 2.64. The molecule has 0 saturated carbocycles. The average Bonchev–Trinajstić information content (AvgIpc) is 2.54. The number of aromatic nitrogens is 1. The lowest BCUT2D eigenvalue weighted by Crippen LogP contribution is -2.25. The molecule has 1 heterocycles. The lowest BCUT2D eigenvalue weighted by Gasteiger charge is -2.21. The van der Waals surface area contributed by atoms with Crippen LogP contribution in [0.15, 0.2) is 83.8 Å². The van der Waals surface area contributed by atoms with Crippen LogP contribution in [0.4, 0.5) is 0 Å². The fourth-order valence-electron chi connectivity index (χ4n) is 2.47. The average molecular weight is 296 g/mol. The zero-order chi connectivity index (χ0) is 14.7. The molecule has 3 aromatic rings. The summed E-state index contributed by atoms with van der Waals surface area (Å²) < 4.78 is 1.67. The molecule has 2 nitrogen and oxygen atoms in total. The van der Waals surface area contributed by atoms with E-state index in [9.17, 15) is 4.79 Å². The smallest absolute Gasteiger partial charge is 0.270 e. The topological polar surface area (TPSA) is 22.0 Å². The van der Waals surface area contributed by atoms with Gasteiger partial charge in [-0.1, -0.05) is 72.3 Å². The molecular formula is C18H14ClNO. The van der Waals surface area contributed by atoms with Gasteiger partial charge in [-0.3, -0.25) is 4.79 Å². The van der Waals surface area contributed by atoms with E-state index >= 15 is 0 Å². The molecular weight excluding hydrogens is 282 g/mol. The zero-order valence-electron chi connectivity index (χ0n) is 11.3. The maximum Gasteiger partial charge on any atom is 0.270 e. The van der Waals surface area contributed by atoms with Crippen molar-refractivity contribution in [3.05, 3.63) is 105 Å². The van der Waals surface area contributed by atoms with Crippen LogP contribution in [0.5, 0.6) is 0 Å². The van der Waals surface area contributed by atoms with Gasteiger partial charge in [0.25, 0.3) is 5.56 Å². The lowest BCUT2D eigenvalue weighted by molar-refractivity contribution is 0.650. The van der Waals surface area contributed by atoms with Crippen molar-refractivity contribution in [1.82, 2.24) is 4.57 Å². The van der Waals surface area contributed by atoms with Crippen LogP contribution in [-0.2, 0) is 0 Å². The Kier molecular flexibility index (Phi) is 3.89. The van der Waals surface area contributed by atoms with Crippen LogP contribution < -0.4 is 5.56 Å². The number of rotatable bonds is 3. The summed E-state index contributed by atoms with van der Waals surface area (Å²) in [7, 11) is 0. The molecule has 0 N–H and O–H groups in total. The Morgan fingerprint density at radius 2 is 1.29 bits per heavy atom. The maximum atomic E-state index is 12.4. The highest BCUT2D eigenvalue weighted by Crippen LogP contribution is 2.25. The molecule has 1 aromatic heterocycles. The third-order valence-corrected chi connectivity index (χ3v) is 3.72. The van der Waals surface area contributed by atoms with Crippen LogP contribution in [0.3, 0.4) is 0 Å². The molecule has 0 spiro atoms. The van der Waals surface area contributed by atoms with Crippen LogP contribution in [0.25, 0.3) is 0 Å². The first-order valence-electron chi connectivity index (χ1n) is 6.74. The summed E-state index contributed by atoms with van der Waals surface area (Å²) in [5, 5.41) is 0.231. The van der Waals surface area contributed by atoms with E-state index in [1.807, 2.05) is 60.7 Å². The number of hydrogen-bond donors (Lipinski definition) is 0. The van der Waals surface area contributed by atoms with Gasteiger partial charge in [-0.2, -0.15) is 0 Å². The van der Waals surface area contributed by atoms with Gasteiger partial charge in [-0.15, -0.1) is 0 Å². The first kappa shape index (κ1) is 13.7. The third kappa shape index (κ3) is 2.76. The summed E-state index contributed by atoms with van der Waals surface area (Å²) in [4.78, 5) is 12.4. The van der Waals surface area contributed by atoms with Gasteiger partial charge in [0, 0.05) is 6.20 Å². The summed E-state index contributed by atoms with van der Waals surface area (Å²) in [6.07, 6.45) is 1.78. The predicted octanol–water partition coefficient (Wildman–Crippen LogP) is 4.14. The molecule has 0 amide bonds. The van der Waals surface area contributed by atoms with E-state index in [-0.39, 0.29) is 16.6 Å². The van der Waals surface area contributed by atoms with E-state index < -0.39 is 0 Å². The van der Waals surface area contributed by atoms with E-state index in [0.29, 0.717) is 0 Å². The summed E-state index contributed by atoms with van der Waals surface area (Å²) in [6.45, 7) is 0. The molecule has 0 aliphatic carbocycles. The summed E-state index contributed by atoms with van der Waals surface area (Å²) >= 11 is 6.00. The third-order valence-electron chi connectivity index (χ3n) is 3.44. The van der Waals surface area contributed by atoms with Crippen molar-refractivity contribution in [1.29, 1.82) is 0 Å². The molecule has 104 valence electrons. The molecule has 0 saturated heterocycles. The highest BCUT2D eigenvalue weighted by molar-refractivity contribution is 6.30. The fraction of sp³-hybridized carbons (Fsp3) is 0.0556. The Morgan fingerprint density at radius 3 is 1.81 bits per heavy atom. The van der Waals surface area contributed by atoms with Crippen molar-refractivity contribution in [2.75, 3.05) is 0 Å². The van der Waals surface area contributed by atoms with Crippen molar-refractivity contribution >= 4 is 11.6 Å². The molecule has 0 aliphatic heterocycles. The van der Waals surface area contributed by atoms with Gasteiger partial charge in [-0.05, 0) is 23.3 Å². The lowest BCUT2D eigenvalue weighted by atomic mass is 9.98. The van der Waals surface area contributed by atoms with Crippen molar-refractivity contribution in [3.63, 3.8) is 0 Å². The Bertz CT molecular complexity index is 742. The van der Waals surface area contributed by atoms with Gasteiger partial charge in [0.1, 0.15) is 5.02 Å². The predicted molar refractivity (Wildman–Crippen MR) is 85.8 cm³/mol.